The van der Waals surface area contributed by atoms with Gasteiger partial charge in [-0.1, -0.05) is 18.2 Å². The molecule has 0 aliphatic carbocycles. The highest BCUT2D eigenvalue weighted by Crippen LogP contribution is 2.28. The molecule has 23 heavy (non-hydrogen) atoms. The van der Waals surface area contributed by atoms with Crippen molar-refractivity contribution in [2.24, 2.45) is 0 Å². The number of carboxylic acids is 1. The third-order valence-electron chi connectivity index (χ3n) is 4.26. The van der Waals surface area contributed by atoms with Crippen molar-refractivity contribution in [1.82, 2.24) is 9.88 Å². The van der Waals surface area contributed by atoms with Gasteiger partial charge in [0, 0.05) is 36.5 Å². The molecule has 0 aromatic carbocycles. The number of carboxylic acid groups (broad SMARTS) is 1. The lowest BCUT2D eigenvalue weighted by atomic mass is 10.0. The molecule has 0 fully saturated rings. The van der Waals surface area contributed by atoms with Gasteiger partial charge in [0.2, 0.25) is 0 Å². The maximum absolute atomic E-state index is 13.9. The third kappa shape index (κ3) is 3.13. The van der Waals surface area contributed by atoms with E-state index in [1.54, 1.807) is 6.08 Å². The molecular weight excluding hydrogens is 295 g/mol. The Labute approximate surface area is 134 Å². The van der Waals surface area contributed by atoms with Gasteiger partial charge in [0.05, 0.1) is 6.42 Å². The highest BCUT2D eigenvalue weighted by Gasteiger charge is 2.23. The van der Waals surface area contributed by atoms with Gasteiger partial charge < -0.3 is 15.0 Å². The number of nitrogens with zero attached hydrogens (tertiary/aromatic N) is 1. The molecule has 120 valence electrons. The van der Waals surface area contributed by atoms with Gasteiger partial charge in [0.25, 0.3) is 0 Å². The first-order valence-corrected chi connectivity index (χ1v) is 7.62. The summed E-state index contributed by atoms with van der Waals surface area (Å²) >= 11 is 0. The van der Waals surface area contributed by atoms with Crippen LogP contribution < -0.4 is 5.32 Å². The van der Waals surface area contributed by atoms with Crippen LogP contribution in [0, 0.1) is 6.92 Å². The first kappa shape index (κ1) is 15.3. The van der Waals surface area contributed by atoms with E-state index < -0.39 is 5.97 Å². The normalized spacial score (nSPS) is 19.0. The van der Waals surface area contributed by atoms with E-state index in [4.69, 9.17) is 0 Å². The summed E-state index contributed by atoms with van der Waals surface area (Å²) in [4.78, 5) is 11.2. The zero-order chi connectivity index (χ0) is 16.4. The van der Waals surface area contributed by atoms with E-state index in [0.717, 1.165) is 22.5 Å². The number of aromatic nitrogens is 1. The second-order valence-electron chi connectivity index (χ2n) is 5.78. The largest absolute Gasteiger partial charge is 0.481 e. The Morgan fingerprint density at radius 2 is 2.30 bits per heavy atom. The van der Waals surface area contributed by atoms with Crippen molar-refractivity contribution in [2.45, 2.75) is 32.2 Å². The maximum Gasteiger partial charge on any atom is 0.307 e. The SMILES string of the molecule is Cc1c(CC(=O)O)c2n(c1CC1C=CC=CN1)C=C(F)C=CC2. The Bertz CT molecular complexity index is 754. The Hall–Kier alpha value is -2.56. The maximum atomic E-state index is 13.9. The molecule has 0 saturated heterocycles. The van der Waals surface area contributed by atoms with E-state index in [1.807, 2.05) is 35.9 Å². The zero-order valence-electron chi connectivity index (χ0n) is 12.9. The fourth-order valence-corrected chi connectivity index (χ4v) is 3.17. The average Bonchev–Trinajstić information content (AvgIpc) is 2.67. The molecule has 5 heteroatoms. The average molecular weight is 314 g/mol. The smallest absolute Gasteiger partial charge is 0.307 e. The van der Waals surface area contributed by atoms with Crippen molar-refractivity contribution < 1.29 is 14.3 Å². The first-order chi connectivity index (χ1) is 11.1. The Kier molecular flexibility index (Phi) is 4.19. The van der Waals surface area contributed by atoms with Gasteiger partial charge >= 0.3 is 5.97 Å². The number of rotatable bonds is 4. The molecule has 0 amide bonds. The Balaban J connectivity index is 2.05. The van der Waals surface area contributed by atoms with Crippen molar-refractivity contribution in [3.05, 3.63) is 64.9 Å². The second kappa shape index (κ2) is 6.28. The Morgan fingerprint density at radius 3 is 3.00 bits per heavy atom. The quantitative estimate of drug-likeness (QED) is 0.898. The van der Waals surface area contributed by atoms with Gasteiger partial charge in [-0.25, -0.2) is 4.39 Å². The number of halogens is 1. The molecule has 3 rings (SSSR count). The minimum atomic E-state index is -0.871. The molecule has 1 unspecified atom stereocenters. The van der Waals surface area contributed by atoms with Crippen molar-refractivity contribution in [1.29, 1.82) is 0 Å². The van der Waals surface area contributed by atoms with Gasteiger partial charge in [-0.05, 0) is 36.4 Å². The summed E-state index contributed by atoms with van der Waals surface area (Å²) in [5, 5.41) is 12.4. The fraction of sp³-hybridized carbons (Fsp3) is 0.278. The number of aliphatic carboxylic acids is 1. The molecule has 4 nitrogen and oxygen atoms in total. The molecule has 2 N–H and O–H groups in total. The summed E-state index contributed by atoms with van der Waals surface area (Å²) in [6.07, 6.45) is 13.6. The topological polar surface area (TPSA) is 54.3 Å². The lowest BCUT2D eigenvalue weighted by Gasteiger charge is -2.17. The number of hydrogen-bond acceptors (Lipinski definition) is 2. The molecule has 1 aromatic heterocycles. The number of allylic oxidation sites excluding steroid dienone is 5. The van der Waals surface area contributed by atoms with Crippen LogP contribution in [0.5, 0.6) is 0 Å². The monoisotopic (exact) mass is 314 g/mol. The van der Waals surface area contributed by atoms with Crippen LogP contribution in [0.3, 0.4) is 0 Å². The van der Waals surface area contributed by atoms with Crippen LogP contribution in [0.2, 0.25) is 0 Å². The highest BCUT2D eigenvalue weighted by molar-refractivity contribution is 5.72. The Morgan fingerprint density at radius 1 is 1.48 bits per heavy atom. The predicted octanol–water partition coefficient (Wildman–Crippen LogP) is 2.89. The standard InChI is InChI=1S/C18H19FN2O2/c1-12-15(10-18(22)23)16-7-4-5-13(19)11-21(16)17(12)9-14-6-2-3-8-20-14/h2-6,8,11,14,20H,7,9-10H2,1H3,(H,22,23). The molecule has 0 saturated carbocycles. The molecule has 2 aliphatic rings. The number of nitrogens with one attached hydrogen (secondary N) is 1. The van der Waals surface area contributed by atoms with Crippen LogP contribution in [0.1, 0.15) is 22.5 Å². The number of dihydropyridines is 1. The number of carbonyl (C=O) groups is 1. The van der Waals surface area contributed by atoms with Crippen LogP contribution >= 0.6 is 0 Å². The van der Waals surface area contributed by atoms with E-state index in [-0.39, 0.29) is 18.3 Å². The second-order valence-corrected chi connectivity index (χ2v) is 5.78. The van der Waals surface area contributed by atoms with Gasteiger partial charge in [0.15, 0.2) is 0 Å². The lowest BCUT2D eigenvalue weighted by Crippen LogP contribution is -2.27. The van der Waals surface area contributed by atoms with Gasteiger partial charge in [0.1, 0.15) is 5.83 Å². The van der Waals surface area contributed by atoms with Gasteiger partial charge in [-0.3, -0.25) is 4.79 Å². The highest BCUT2D eigenvalue weighted by atomic mass is 19.1. The molecule has 1 atom stereocenters. The molecule has 0 bridgehead atoms. The number of hydrogen-bond donors (Lipinski definition) is 2. The van der Waals surface area contributed by atoms with E-state index in [1.165, 1.54) is 12.3 Å². The molecule has 1 aromatic rings. The summed E-state index contributed by atoms with van der Waals surface area (Å²) in [5.74, 6) is -1.20. The lowest BCUT2D eigenvalue weighted by molar-refractivity contribution is -0.136. The fourth-order valence-electron chi connectivity index (χ4n) is 3.17. The zero-order valence-corrected chi connectivity index (χ0v) is 12.9. The van der Waals surface area contributed by atoms with Crippen LogP contribution in [0.25, 0.3) is 6.20 Å². The van der Waals surface area contributed by atoms with Crippen LogP contribution in [0.4, 0.5) is 4.39 Å². The molecule has 0 spiro atoms. The van der Waals surface area contributed by atoms with Crippen molar-refractivity contribution in [3.63, 3.8) is 0 Å². The van der Waals surface area contributed by atoms with Crippen molar-refractivity contribution >= 4 is 12.2 Å². The number of fused-ring (bicyclic) bond motifs is 1. The van der Waals surface area contributed by atoms with Crippen LogP contribution in [-0.4, -0.2) is 21.7 Å². The van der Waals surface area contributed by atoms with Crippen LogP contribution in [-0.2, 0) is 24.1 Å². The molecular formula is C18H19FN2O2. The van der Waals surface area contributed by atoms with Gasteiger partial charge in [-0.15, -0.1) is 0 Å². The summed E-state index contributed by atoms with van der Waals surface area (Å²) in [5.41, 5.74) is 3.54. The third-order valence-corrected chi connectivity index (χ3v) is 4.26. The minimum absolute atomic E-state index is 0.0434. The molecule has 3 heterocycles. The van der Waals surface area contributed by atoms with E-state index >= 15 is 0 Å². The molecule has 2 aliphatic heterocycles. The van der Waals surface area contributed by atoms with E-state index in [9.17, 15) is 14.3 Å². The summed E-state index contributed by atoms with van der Waals surface area (Å²) in [6.45, 7) is 1.92. The van der Waals surface area contributed by atoms with E-state index in [0.29, 0.717) is 12.8 Å². The molecule has 0 radical (unpaired) electrons. The van der Waals surface area contributed by atoms with Crippen molar-refractivity contribution in [2.75, 3.05) is 0 Å². The summed E-state index contributed by atoms with van der Waals surface area (Å²) < 4.78 is 15.7. The summed E-state index contributed by atoms with van der Waals surface area (Å²) in [7, 11) is 0. The minimum Gasteiger partial charge on any atom is -0.481 e. The van der Waals surface area contributed by atoms with Crippen LogP contribution in [0.15, 0.2) is 42.4 Å². The summed E-state index contributed by atoms with van der Waals surface area (Å²) in [6, 6.07) is 0.114. The first-order valence-electron chi connectivity index (χ1n) is 7.62. The predicted molar refractivity (Wildman–Crippen MR) is 87.6 cm³/mol. The van der Waals surface area contributed by atoms with Gasteiger partial charge in [-0.2, -0.15) is 0 Å². The van der Waals surface area contributed by atoms with Crippen molar-refractivity contribution in [3.8, 4) is 0 Å². The van der Waals surface area contributed by atoms with E-state index in [2.05, 4.69) is 5.32 Å².